The first-order chi connectivity index (χ1) is 12.7. The highest BCUT2D eigenvalue weighted by molar-refractivity contribution is 6.04. The average molecular weight is 369 g/mol. The number of aryl methyl sites for hydroxylation is 1. The molecule has 0 aliphatic heterocycles. The third-order valence-corrected chi connectivity index (χ3v) is 4.07. The second kappa shape index (κ2) is 7.31. The van der Waals surface area contributed by atoms with Gasteiger partial charge in [-0.1, -0.05) is 12.1 Å². The molecule has 0 fully saturated rings. The van der Waals surface area contributed by atoms with Gasteiger partial charge < -0.3 is 19.6 Å². The van der Waals surface area contributed by atoms with Crippen molar-refractivity contribution in [1.29, 1.82) is 0 Å². The maximum Gasteiger partial charge on any atom is 0.407 e. The monoisotopic (exact) mass is 369 g/mol. The zero-order valence-corrected chi connectivity index (χ0v) is 15.7. The van der Waals surface area contributed by atoms with Crippen LogP contribution >= 0.6 is 0 Å². The summed E-state index contributed by atoms with van der Waals surface area (Å²) >= 11 is 0. The highest BCUT2D eigenvalue weighted by atomic mass is 16.6. The summed E-state index contributed by atoms with van der Waals surface area (Å²) in [6.45, 7) is 5.94. The van der Waals surface area contributed by atoms with Crippen LogP contribution < -0.4 is 10.9 Å². The van der Waals surface area contributed by atoms with Gasteiger partial charge in [0.2, 0.25) is 0 Å². The number of amides is 1. The summed E-state index contributed by atoms with van der Waals surface area (Å²) in [6, 6.07) is 10.4. The number of carbonyl (C=O) groups excluding carboxylic acids is 1. The summed E-state index contributed by atoms with van der Waals surface area (Å²) in [4.78, 5) is 23.9. The quantitative estimate of drug-likeness (QED) is 0.410. The van der Waals surface area contributed by atoms with Gasteiger partial charge in [0, 0.05) is 18.0 Å². The Kier molecular flexibility index (Phi) is 5.08. The van der Waals surface area contributed by atoms with Gasteiger partial charge >= 0.3 is 11.7 Å². The van der Waals surface area contributed by atoms with E-state index in [-0.39, 0.29) is 5.75 Å². The van der Waals surface area contributed by atoms with Gasteiger partial charge in [-0.3, -0.25) is 0 Å². The molecule has 6 heteroatoms. The average Bonchev–Trinajstić information content (AvgIpc) is 2.57. The zero-order chi connectivity index (χ0) is 19.6. The summed E-state index contributed by atoms with van der Waals surface area (Å²) in [6.07, 6.45) is 0.993. The van der Waals surface area contributed by atoms with Crippen molar-refractivity contribution < 1.29 is 19.1 Å². The predicted molar refractivity (Wildman–Crippen MR) is 104 cm³/mol. The molecule has 0 bridgehead atoms. The van der Waals surface area contributed by atoms with Crippen molar-refractivity contribution in [2.75, 3.05) is 6.54 Å². The third-order valence-electron chi connectivity index (χ3n) is 4.07. The number of fused-ring (bicyclic) bond motifs is 3. The molecule has 0 aliphatic rings. The number of ether oxygens (including phenoxy) is 1. The largest absolute Gasteiger partial charge is 0.508 e. The van der Waals surface area contributed by atoms with Gasteiger partial charge in [-0.15, -0.1) is 0 Å². The maximum absolute atomic E-state index is 12.3. The lowest BCUT2D eigenvalue weighted by atomic mass is 10.0. The van der Waals surface area contributed by atoms with Gasteiger partial charge in [0.1, 0.15) is 16.9 Å². The number of phenolic OH excluding ortho intramolecular Hbond substituents is 1. The molecule has 3 rings (SSSR count). The molecule has 2 aromatic carbocycles. The number of nitrogens with one attached hydrogen (secondary N) is 1. The number of hydrogen-bond donors (Lipinski definition) is 2. The minimum Gasteiger partial charge on any atom is -0.508 e. The summed E-state index contributed by atoms with van der Waals surface area (Å²) in [5, 5.41) is 14.4. The summed E-state index contributed by atoms with van der Waals surface area (Å²) in [7, 11) is 0. The van der Waals surface area contributed by atoms with Crippen LogP contribution in [0.5, 0.6) is 5.75 Å². The van der Waals surface area contributed by atoms with Crippen LogP contribution in [0.2, 0.25) is 0 Å². The Morgan fingerprint density at radius 3 is 2.59 bits per heavy atom. The van der Waals surface area contributed by atoms with E-state index in [4.69, 9.17) is 9.15 Å². The lowest BCUT2D eigenvalue weighted by Crippen LogP contribution is -2.33. The molecule has 3 aromatic rings. The summed E-state index contributed by atoms with van der Waals surface area (Å²) < 4.78 is 10.5. The Morgan fingerprint density at radius 1 is 1.11 bits per heavy atom. The van der Waals surface area contributed by atoms with Crippen LogP contribution in [0.25, 0.3) is 21.7 Å². The van der Waals surface area contributed by atoms with E-state index >= 15 is 0 Å². The smallest absolute Gasteiger partial charge is 0.407 e. The molecular formula is C21H23NO5. The van der Waals surface area contributed by atoms with Crippen LogP contribution in [-0.2, 0) is 11.2 Å². The molecule has 0 radical (unpaired) electrons. The standard InChI is InChI=1S/C21H23NO5/c1-21(2,3)27-20(25)22-10-4-5-13-6-8-15-16-9-7-14(23)12-18(16)26-19(24)17(15)11-13/h6-9,11-12,23H,4-5,10H2,1-3H3,(H,22,25). The molecule has 1 aromatic heterocycles. The first-order valence-corrected chi connectivity index (χ1v) is 8.88. The first-order valence-electron chi connectivity index (χ1n) is 8.88. The fourth-order valence-electron chi connectivity index (χ4n) is 2.92. The topological polar surface area (TPSA) is 88.8 Å². The fraction of sp³-hybridized carbons (Fsp3) is 0.333. The lowest BCUT2D eigenvalue weighted by molar-refractivity contribution is 0.0527. The lowest BCUT2D eigenvalue weighted by Gasteiger charge is -2.19. The van der Waals surface area contributed by atoms with Crippen LogP contribution in [0.15, 0.2) is 45.6 Å². The number of carbonyl (C=O) groups is 1. The van der Waals surface area contributed by atoms with E-state index < -0.39 is 17.3 Å². The molecule has 0 atom stereocenters. The predicted octanol–water partition coefficient (Wildman–Crippen LogP) is 4.11. The van der Waals surface area contributed by atoms with Crippen LogP contribution in [-0.4, -0.2) is 23.3 Å². The molecule has 0 saturated heterocycles. The minimum absolute atomic E-state index is 0.0547. The maximum atomic E-state index is 12.3. The van der Waals surface area contributed by atoms with Gasteiger partial charge in [-0.2, -0.15) is 0 Å². The van der Waals surface area contributed by atoms with E-state index in [1.165, 1.54) is 6.07 Å². The molecule has 1 heterocycles. The normalized spacial score (nSPS) is 11.7. The zero-order valence-electron chi connectivity index (χ0n) is 15.7. The second-order valence-corrected chi connectivity index (χ2v) is 7.48. The van der Waals surface area contributed by atoms with E-state index in [0.29, 0.717) is 23.9 Å². The van der Waals surface area contributed by atoms with Crippen LogP contribution in [0.4, 0.5) is 4.79 Å². The van der Waals surface area contributed by atoms with E-state index in [9.17, 15) is 14.7 Å². The molecule has 0 unspecified atom stereocenters. The second-order valence-electron chi connectivity index (χ2n) is 7.48. The molecule has 0 aliphatic carbocycles. The Morgan fingerprint density at radius 2 is 1.85 bits per heavy atom. The first kappa shape index (κ1) is 18.8. The van der Waals surface area contributed by atoms with Gasteiger partial charge in [-0.05, 0) is 62.8 Å². The van der Waals surface area contributed by atoms with E-state index in [1.54, 1.807) is 12.1 Å². The van der Waals surface area contributed by atoms with Crippen molar-refractivity contribution in [2.24, 2.45) is 0 Å². The van der Waals surface area contributed by atoms with Crippen molar-refractivity contribution in [2.45, 2.75) is 39.2 Å². The summed E-state index contributed by atoms with van der Waals surface area (Å²) in [5.74, 6) is 0.0547. The van der Waals surface area contributed by atoms with E-state index in [0.717, 1.165) is 22.8 Å². The van der Waals surface area contributed by atoms with Gasteiger partial charge in [-0.25, -0.2) is 9.59 Å². The Hall–Kier alpha value is -3.02. The molecular weight excluding hydrogens is 346 g/mol. The number of benzene rings is 2. The molecule has 142 valence electrons. The number of aromatic hydroxyl groups is 1. The number of alkyl carbamates (subject to hydrolysis) is 1. The molecule has 2 N–H and O–H groups in total. The molecule has 1 amide bonds. The van der Waals surface area contributed by atoms with Crippen molar-refractivity contribution >= 4 is 27.8 Å². The third kappa shape index (κ3) is 4.58. The van der Waals surface area contributed by atoms with Gasteiger partial charge in [0.25, 0.3) is 0 Å². The van der Waals surface area contributed by atoms with Crippen LogP contribution in [0, 0.1) is 0 Å². The molecule has 6 nitrogen and oxygen atoms in total. The summed E-state index contributed by atoms with van der Waals surface area (Å²) in [5.41, 5.74) is 0.397. The van der Waals surface area contributed by atoms with Crippen molar-refractivity contribution in [3.8, 4) is 5.75 Å². The molecule has 0 saturated carbocycles. The number of hydrogen-bond acceptors (Lipinski definition) is 5. The van der Waals surface area contributed by atoms with E-state index in [1.807, 2.05) is 39.0 Å². The number of rotatable bonds is 4. The highest BCUT2D eigenvalue weighted by Gasteiger charge is 2.15. The highest BCUT2D eigenvalue weighted by Crippen LogP contribution is 2.26. The fourth-order valence-corrected chi connectivity index (χ4v) is 2.92. The van der Waals surface area contributed by atoms with Gasteiger partial charge in [0.15, 0.2) is 0 Å². The van der Waals surface area contributed by atoms with Crippen LogP contribution in [0.1, 0.15) is 32.8 Å². The Bertz CT molecular complexity index is 1050. The SMILES string of the molecule is CC(C)(C)OC(=O)NCCCc1ccc2c(c1)c(=O)oc1cc(O)ccc12. The van der Waals surface area contributed by atoms with Gasteiger partial charge in [0.05, 0.1) is 5.39 Å². The molecule has 27 heavy (non-hydrogen) atoms. The van der Waals surface area contributed by atoms with Crippen molar-refractivity contribution in [3.63, 3.8) is 0 Å². The number of phenols is 1. The van der Waals surface area contributed by atoms with Crippen LogP contribution in [0.3, 0.4) is 0 Å². The van der Waals surface area contributed by atoms with Crippen molar-refractivity contribution in [1.82, 2.24) is 5.32 Å². The van der Waals surface area contributed by atoms with Crippen molar-refractivity contribution in [3.05, 3.63) is 52.4 Å². The minimum atomic E-state index is -0.518. The Labute approximate surface area is 156 Å². The molecule has 0 spiro atoms. The Balaban J connectivity index is 1.71. The van der Waals surface area contributed by atoms with E-state index in [2.05, 4.69) is 5.32 Å².